The van der Waals surface area contributed by atoms with Crippen molar-refractivity contribution in [3.63, 3.8) is 0 Å². The van der Waals surface area contributed by atoms with Gasteiger partial charge in [0.2, 0.25) is 0 Å². The summed E-state index contributed by atoms with van der Waals surface area (Å²) in [6.45, 7) is 4.09. The van der Waals surface area contributed by atoms with Crippen LogP contribution >= 0.6 is 0 Å². The fourth-order valence-electron chi connectivity index (χ4n) is 2.27. The molecule has 120 valence electrons. The van der Waals surface area contributed by atoms with E-state index in [1.807, 2.05) is 6.92 Å². The maximum absolute atomic E-state index is 12.9. The van der Waals surface area contributed by atoms with Crippen molar-refractivity contribution in [2.45, 2.75) is 44.9 Å². The maximum Gasteiger partial charge on any atom is 0.416 e. The minimum Gasteiger partial charge on any atom is -0.494 e. The molecule has 21 heavy (non-hydrogen) atoms. The first-order chi connectivity index (χ1) is 9.83. The zero-order valence-corrected chi connectivity index (χ0v) is 12.3. The zero-order valence-electron chi connectivity index (χ0n) is 12.3. The highest BCUT2D eigenvalue weighted by Gasteiger charge is 2.32. The van der Waals surface area contributed by atoms with Gasteiger partial charge in [-0.3, -0.25) is 0 Å². The number of ether oxygens (including phenoxy) is 1. The van der Waals surface area contributed by atoms with Crippen LogP contribution in [0.15, 0.2) is 18.2 Å². The van der Waals surface area contributed by atoms with Gasteiger partial charge in [-0.15, -0.1) is 0 Å². The fourth-order valence-corrected chi connectivity index (χ4v) is 2.27. The summed E-state index contributed by atoms with van der Waals surface area (Å²) in [5, 5.41) is 9.68. The maximum atomic E-state index is 12.9. The first-order valence-corrected chi connectivity index (χ1v) is 7.05. The lowest BCUT2D eigenvalue weighted by Crippen LogP contribution is -2.22. The van der Waals surface area contributed by atoms with E-state index in [4.69, 9.17) is 10.5 Å². The Bertz CT molecular complexity index is 449. The van der Waals surface area contributed by atoms with Crippen LogP contribution in [0.3, 0.4) is 0 Å². The average molecular weight is 305 g/mol. The Labute approximate surface area is 122 Å². The number of benzene rings is 1. The Kier molecular flexibility index (Phi) is 6.48. The number of rotatable bonds is 7. The Morgan fingerprint density at radius 2 is 1.95 bits per heavy atom. The smallest absolute Gasteiger partial charge is 0.416 e. The summed E-state index contributed by atoms with van der Waals surface area (Å²) < 4.78 is 44.0. The molecule has 0 heterocycles. The normalized spacial score (nSPS) is 14.8. The molecule has 2 atom stereocenters. The molecule has 1 aromatic rings. The van der Waals surface area contributed by atoms with Gasteiger partial charge in [-0.2, -0.15) is 13.2 Å². The topological polar surface area (TPSA) is 55.5 Å². The SMILES string of the molecule is CCOc1ccc(C(F)(F)F)cc1C(CC)CC(O)CN. The summed E-state index contributed by atoms with van der Waals surface area (Å²) in [6.07, 6.45) is -4.23. The van der Waals surface area contributed by atoms with E-state index in [-0.39, 0.29) is 12.5 Å². The van der Waals surface area contributed by atoms with Gasteiger partial charge in [0, 0.05) is 6.54 Å². The molecule has 2 unspecified atom stereocenters. The largest absolute Gasteiger partial charge is 0.494 e. The van der Waals surface area contributed by atoms with E-state index in [1.54, 1.807) is 6.92 Å². The lowest BCUT2D eigenvalue weighted by atomic mass is 9.89. The van der Waals surface area contributed by atoms with Crippen LogP contribution in [-0.4, -0.2) is 24.4 Å². The van der Waals surface area contributed by atoms with Crippen LogP contribution < -0.4 is 10.5 Å². The first-order valence-electron chi connectivity index (χ1n) is 7.05. The van der Waals surface area contributed by atoms with Gasteiger partial charge in [-0.25, -0.2) is 0 Å². The predicted octanol–water partition coefficient (Wildman–Crippen LogP) is 3.31. The minimum absolute atomic E-state index is 0.0828. The number of hydrogen-bond donors (Lipinski definition) is 2. The molecule has 1 aromatic carbocycles. The van der Waals surface area contributed by atoms with Crippen LogP contribution in [0.25, 0.3) is 0 Å². The van der Waals surface area contributed by atoms with Gasteiger partial charge >= 0.3 is 6.18 Å². The summed E-state index contributed by atoms with van der Waals surface area (Å²) in [6, 6.07) is 3.47. The third-order valence-electron chi connectivity index (χ3n) is 3.40. The van der Waals surface area contributed by atoms with E-state index in [1.165, 1.54) is 6.07 Å². The lowest BCUT2D eigenvalue weighted by Gasteiger charge is -2.22. The highest BCUT2D eigenvalue weighted by atomic mass is 19.4. The molecule has 3 nitrogen and oxygen atoms in total. The van der Waals surface area contributed by atoms with E-state index in [2.05, 4.69) is 0 Å². The Balaban J connectivity index is 3.19. The van der Waals surface area contributed by atoms with Crippen molar-refractivity contribution in [3.8, 4) is 5.75 Å². The number of hydrogen-bond acceptors (Lipinski definition) is 3. The van der Waals surface area contributed by atoms with Crippen LogP contribution in [0.5, 0.6) is 5.75 Å². The molecule has 6 heteroatoms. The molecule has 0 amide bonds. The van der Waals surface area contributed by atoms with Crippen molar-refractivity contribution >= 4 is 0 Å². The zero-order chi connectivity index (χ0) is 16.0. The summed E-state index contributed by atoms with van der Waals surface area (Å²) in [5.74, 6) is 0.203. The monoisotopic (exact) mass is 305 g/mol. The van der Waals surface area contributed by atoms with Gasteiger partial charge in [0.1, 0.15) is 5.75 Å². The molecule has 0 saturated carbocycles. The molecular weight excluding hydrogens is 283 g/mol. The average Bonchev–Trinajstić information content (AvgIpc) is 2.44. The molecule has 0 aliphatic heterocycles. The summed E-state index contributed by atoms with van der Waals surface area (Å²) in [5.41, 5.74) is 5.15. The van der Waals surface area contributed by atoms with Crippen LogP contribution in [0.4, 0.5) is 13.2 Å². The van der Waals surface area contributed by atoms with E-state index < -0.39 is 17.8 Å². The highest BCUT2D eigenvalue weighted by molar-refractivity contribution is 5.41. The third-order valence-corrected chi connectivity index (χ3v) is 3.40. The second kappa shape index (κ2) is 7.66. The van der Waals surface area contributed by atoms with Crippen molar-refractivity contribution in [1.29, 1.82) is 0 Å². The first kappa shape index (κ1) is 17.8. The van der Waals surface area contributed by atoms with Crippen LogP contribution in [0.1, 0.15) is 43.7 Å². The number of halogens is 3. The number of aliphatic hydroxyl groups excluding tert-OH is 1. The highest BCUT2D eigenvalue weighted by Crippen LogP contribution is 2.38. The Morgan fingerprint density at radius 1 is 1.29 bits per heavy atom. The van der Waals surface area contributed by atoms with Crippen molar-refractivity contribution in [2.24, 2.45) is 5.73 Å². The molecule has 0 radical (unpaired) electrons. The molecule has 0 saturated heterocycles. The molecule has 0 bridgehead atoms. The molecule has 0 aromatic heterocycles. The number of alkyl halides is 3. The molecule has 0 spiro atoms. The van der Waals surface area contributed by atoms with Gasteiger partial charge in [-0.1, -0.05) is 6.92 Å². The fraction of sp³-hybridized carbons (Fsp3) is 0.600. The van der Waals surface area contributed by atoms with Crippen molar-refractivity contribution in [3.05, 3.63) is 29.3 Å². The molecule has 1 rings (SSSR count). The Morgan fingerprint density at radius 3 is 2.43 bits per heavy atom. The van der Waals surface area contributed by atoms with Crippen LogP contribution in [0, 0.1) is 0 Å². The van der Waals surface area contributed by atoms with E-state index in [9.17, 15) is 18.3 Å². The van der Waals surface area contributed by atoms with Crippen LogP contribution in [0.2, 0.25) is 0 Å². The summed E-state index contributed by atoms with van der Waals surface area (Å²) >= 11 is 0. The standard InChI is InChI=1S/C15H22F3NO2/c1-3-10(7-12(20)9-19)13-8-11(15(16,17)18)5-6-14(13)21-4-2/h5-6,8,10,12,20H,3-4,7,9,19H2,1-2H3. The van der Waals surface area contributed by atoms with Crippen molar-refractivity contribution < 1.29 is 23.0 Å². The Hall–Kier alpha value is -1.27. The summed E-state index contributed by atoms with van der Waals surface area (Å²) in [4.78, 5) is 0. The number of nitrogens with two attached hydrogens (primary N) is 1. The van der Waals surface area contributed by atoms with Gasteiger partial charge in [0.05, 0.1) is 18.3 Å². The second-order valence-electron chi connectivity index (χ2n) is 4.91. The molecule has 3 N–H and O–H groups in total. The molecule has 0 aliphatic carbocycles. The van der Waals surface area contributed by atoms with Gasteiger partial charge < -0.3 is 15.6 Å². The van der Waals surface area contributed by atoms with E-state index >= 15 is 0 Å². The van der Waals surface area contributed by atoms with Crippen molar-refractivity contribution in [1.82, 2.24) is 0 Å². The van der Waals surface area contributed by atoms with E-state index in [0.29, 0.717) is 30.8 Å². The molecule has 0 aliphatic rings. The van der Waals surface area contributed by atoms with Gasteiger partial charge in [0.15, 0.2) is 0 Å². The third kappa shape index (κ3) is 4.89. The van der Waals surface area contributed by atoms with Crippen molar-refractivity contribution in [2.75, 3.05) is 13.2 Å². The summed E-state index contributed by atoms with van der Waals surface area (Å²) in [7, 11) is 0. The minimum atomic E-state index is -4.40. The quantitative estimate of drug-likeness (QED) is 0.812. The van der Waals surface area contributed by atoms with Gasteiger partial charge in [-0.05, 0) is 49.4 Å². The van der Waals surface area contributed by atoms with Crippen LogP contribution in [-0.2, 0) is 6.18 Å². The van der Waals surface area contributed by atoms with E-state index in [0.717, 1.165) is 12.1 Å². The molecule has 0 fully saturated rings. The number of aliphatic hydroxyl groups is 1. The molecular formula is C15H22F3NO2. The van der Waals surface area contributed by atoms with Gasteiger partial charge in [0.25, 0.3) is 0 Å². The predicted molar refractivity (Wildman–Crippen MR) is 75.3 cm³/mol. The lowest BCUT2D eigenvalue weighted by molar-refractivity contribution is -0.137. The second-order valence-corrected chi connectivity index (χ2v) is 4.91.